The SMILES string of the molecule is CC1CCN(c2ncccc2C(C)N)C1. The fourth-order valence-electron chi connectivity index (χ4n) is 2.16. The van der Waals surface area contributed by atoms with Crippen LogP contribution in [0, 0.1) is 5.92 Å². The monoisotopic (exact) mass is 205 g/mol. The summed E-state index contributed by atoms with van der Waals surface area (Å²) in [5.41, 5.74) is 7.11. The molecule has 0 aromatic carbocycles. The van der Waals surface area contributed by atoms with Crippen LogP contribution in [0.5, 0.6) is 0 Å². The molecule has 2 heterocycles. The van der Waals surface area contributed by atoms with Gasteiger partial charge in [-0.2, -0.15) is 0 Å². The first-order valence-electron chi connectivity index (χ1n) is 5.64. The van der Waals surface area contributed by atoms with Crippen molar-refractivity contribution in [2.75, 3.05) is 18.0 Å². The Morgan fingerprint density at radius 1 is 1.60 bits per heavy atom. The average Bonchev–Trinajstić information content (AvgIpc) is 2.65. The molecule has 15 heavy (non-hydrogen) atoms. The largest absolute Gasteiger partial charge is 0.356 e. The van der Waals surface area contributed by atoms with Gasteiger partial charge in [-0.1, -0.05) is 13.0 Å². The maximum absolute atomic E-state index is 5.95. The molecule has 2 N–H and O–H groups in total. The van der Waals surface area contributed by atoms with E-state index in [1.54, 1.807) is 0 Å². The maximum Gasteiger partial charge on any atom is 0.133 e. The van der Waals surface area contributed by atoms with Gasteiger partial charge in [0.25, 0.3) is 0 Å². The van der Waals surface area contributed by atoms with Crippen LogP contribution in [0.25, 0.3) is 0 Å². The number of nitrogens with two attached hydrogens (primary N) is 1. The molecule has 0 saturated carbocycles. The summed E-state index contributed by atoms with van der Waals surface area (Å²) in [6.45, 7) is 6.52. The topological polar surface area (TPSA) is 42.2 Å². The number of pyridine rings is 1. The van der Waals surface area contributed by atoms with E-state index in [9.17, 15) is 0 Å². The maximum atomic E-state index is 5.95. The van der Waals surface area contributed by atoms with Crippen LogP contribution >= 0.6 is 0 Å². The summed E-state index contributed by atoms with van der Waals surface area (Å²) >= 11 is 0. The first-order valence-corrected chi connectivity index (χ1v) is 5.64. The highest BCUT2D eigenvalue weighted by atomic mass is 15.2. The third kappa shape index (κ3) is 2.12. The molecular formula is C12H19N3. The van der Waals surface area contributed by atoms with Crippen molar-refractivity contribution in [2.24, 2.45) is 11.7 Å². The molecule has 0 aliphatic carbocycles. The highest BCUT2D eigenvalue weighted by molar-refractivity contribution is 5.48. The number of nitrogens with zero attached hydrogens (tertiary/aromatic N) is 2. The van der Waals surface area contributed by atoms with Gasteiger partial charge in [-0.05, 0) is 25.3 Å². The van der Waals surface area contributed by atoms with E-state index in [1.807, 2.05) is 19.2 Å². The summed E-state index contributed by atoms with van der Waals surface area (Å²) in [5, 5.41) is 0. The molecule has 1 aromatic rings. The van der Waals surface area contributed by atoms with Crippen LogP contribution in [0.3, 0.4) is 0 Å². The lowest BCUT2D eigenvalue weighted by Gasteiger charge is -2.21. The van der Waals surface area contributed by atoms with Crippen LogP contribution in [-0.2, 0) is 0 Å². The molecule has 2 atom stereocenters. The van der Waals surface area contributed by atoms with E-state index in [1.165, 1.54) is 6.42 Å². The van der Waals surface area contributed by atoms with Crippen LogP contribution in [0.1, 0.15) is 31.9 Å². The van der Waals surface area contributed by atoms with Gasteiger partial charge in [0.2, 0.25) is 0 Å². The molecule has 3 nitrogen and oxygen atoms in total. The molecule has 1 aliphatic rings. The van der Waals surface area contributed by atoms with Gasteiger partial charge in [0.05, 0.1) is 0 Å². The Morgan fingerprint density at radius 2 is 2.40 bits per heavy atom. The molecule has 0 bridgehead atoms. The first-order chi connectivity index (χ1) is 7.18. The third-order valence-corrected chi connectivity index (χ3v) is 3.03. The second-order valence-electron chi connectivity index (χ2n) is 4.54. The van der Waals surface area contributed by atoms with Gasteiger partial charge in [0.1, 0.15) is 5.82 Å². The zero-order chi connectivity index (χ0) is 10.8. The van der Waals surface area contributed by atoms with Crippen LogP contribution in [0.4, 0.5) is 5.82 Å². The van der Waals surface area contributed by atoms with Crippen LogP contribution in [0.2, 0.25) is 0 Å². The van der Waals surface area contributed by atoms with Crippen LogP contribution < -0.4 is 10.6 Å². The van der Waals surface area contributed by atoms with E-state index >= 15 is 0 Å². The number of hydrogen-bond donors (Lipinski definition) is 1. The highest BCUT2D eigenvalue weighted by Crippen LogP contribution is 2.27. The second kappa shape index (κ2) is 4.19. The minimum Gasteiger partial charge on any atom is -0.356 e. The summed E-state index contributed by atoms with van der Waals surface area (Å²) in [6.07, 6.45) is 3.11. The fourth-order valence-corrected chi connectivity index (χ4v) is 2.16. The standard InChI is InChI=1S/C12H19N3/c1-9-5-7-15(8-9)12-11(10(2)13)4-3-6-14-12/h3-4,6,9-10H,5,7-8,13H2,1-2H3. The van der Waals surface area contributed by atoms with Crippen molar-refractivity contribution in [1.82, 2.24) is 4.98 Å². The third-order valence-electron chi connectivity index (χ3n) is 3.03. The van der Waals surface area contributed by atoms with Gasteiger partial charge in [-0.3, -0.25) is 0 Å². The smallest absolute Gasteiger partial charge is 0.133 e. The Kier molecular flexibility index (Phi) is 2.91. The summed E-state index contributed by atoms with van der Waals surface area (Å²) in [5.74, 6) is 1.85. The van der Waals surface area contributed by atoms with Crippen LogP contribution in [-0.4, -0.2) is 18.1 Å². The van der Waals surface area contributed by atoms with Crippen LogP contribution in [0.15, 0.2) is 18.3 Å². The Hall–Kier alpha value is -1.09. The zero-order valence-corrected chi connectivity index (χ0v) is 9.48. The van der Waals surface area contributed by atoms with Crippen molar-refractivity contribution in [3.05, 3.63) is 23.9 Å². The van der Waals surface area contributed by atoms with E-state index in [0.29, 0.717) is 0 Å². The summed E-state index contributed by atoms with van der Waals surface area (Å²) < 4.78 is 0. The van der Waals surface area contributed by atoms with Gasteiger partial charge in [-0.15, -0.1) is 0 Å². The lowest BCUT2D eigenvalue weighted by molar-refractivity contribution is 0.658. The van der Waals surface area contributed by atoms with E-state index in [4.69, 9.17) is 5.73 Å². The normalized spacial score (nSPS) is 23.1. The summed E-state index contributed by atoms with van der Waals surface area (Å²) in [7, 11) is 0. The molecule has 0 radical (unpaired) electrons. The minimum atomic E-state index is 0.0598. The van der Waals surface area contributed by atoms with Crippen molar-refractivity contribution >= 4 is 5.82 Å². The van der Waals surface area contributed by atoms with Crippen molar-refractivity contribution in [1.29, 1.82) is 0 Å². The Balaban J connectivity index is 2.27. The number of hydrogen-bond acceptors (Lipinski definition) is 3. The molecule has 3 heteroatoms. The summed E-state index contributed by atoms with van der Waals surface area (Å²) in [6, 6.07) is 4.10. The van der Waals surface area contributed by atoms with Gasteiger partial charge in [0.15, 0.2) is 0 Å². The van der Waals surface area contributed by atoms with Crippen molar-refractivity contribution in [2.45, 2.75) is 26.3 Å². The molecule has 82 valence electrons. The van der Waals surface area contributed by atoms with Crippen molar-refractivity contribution in [3.63, 3.8) is 0 Å². The Bertz CT molecular complexity index is 335. The summed E-state index contributed by atoms with van der Waals surface area (Å²) in [4.78, 5) is 6.81. The van der Waals surface area contributed by atoms with E-state index in [-0.39, 0.29) is 6.04 Å². The quantitative estimate of drug-likeness (QED) is 0.802. The predicted molar refractivity (Wildman–Crippen MR) is 62.8 cm³/mol. The molecule has 1 aromatic heterocycles. The van der Waals surface area contributed by atoms with E-state index in [0.717, 1.165) is 30.4 Å². The molecule has 0 spiro atoms. The lowest BCUT2D eigenvalue weighted by Crippen LogP contribution is -2.23. The average molecular weight is 205 g/mol. The molecule has 1 saturated heterocycles. The molecular weight excluding hydrogens is 186 g/mol. The molecule has 2 unspecified atom stereocenters. The van der Waals surface area contributed by atoms with E-state index < -0.39 is 0 Å². The molecule has 2 rings (SSSR count). The number of anilines is 1. The minimum absolute atomic E-state index is 0.0598. The molecule has 1 fully saturated rings. The Morgan fingerprint density at radius 3 is 3.00 bits per heavy atom. The second-order valence-corrected chi connectivity index (χ2v) is 4.54. The Labute approximate surface area is 91.3 Å². The molecule has 1 aliphatic heterocycles. The lowest BCUT2D eigenvalue weighted by atomic mass is 10.1. The first kappa shape index (κ1) is 10.4. The highest BCUT2D eigenvalue weighted by Gasteiger charge is 2.22. The van der Waals surface area contributed by atoms with Gasteiger partial charge in [-0.25, -0.2) is 4.98 Å². The van der Waals surface area contributed by atoms with Crippen molar-refractivity contribution in [3.8, 4) is 0 Å². The number of aromatic nitrogens is 1. The van der Waals surface area contributed by atoms with Crippen molar-refractivity contribution < 1.29 is 0 Å². The van der Waals surface area contributed by atoms with Gasteiger partial charge in [0, 0.05) is 30.9 Å². The molecule has 0 amide bonds. The predicted octanol–water partition coefficient (Wildman–Crippen LogP) is 1.95. The van der Waals surface area contributed by atoms with Gasteiger partial charge < -0.3 is 10.6 Å². The zero-order valence-electron chi connectivity index (χ0n) is 9.48. The fraction of sp³-hybridized carbons (Fsp3) is 0.583. The van der Waals surface area contributed by atoms with Gasteiger partial charge >= 0.3 is 0 Å². The number of rotatable bonds is 2. The van der Waals surface area contributed by atoms with E-state index in [2.05, 4.69) is 22.9 Å².